The molecule has 0 aromatic rings. The van der Waals surface area contributed by atoms with E-state index in [9.17, 15) is 0 Å². The van der Waals surface area contributed by atoms with Crippen molar-refractivity contribution < 1.29 is 9.47 Å². The Morgan fingerprint density at radius 2 is 2.33 bits per heavy atom. The standard InChI is InChI=1S/C9H19NO2/c1-9(2)3-5-11-7-10-4-6-12-8-10/h9H,3-8H2,1-2H3. The lowest BCUT2D eigenvalue weighted by Gasteiger charge is -2.13. The van der Waals surface area contributed by atoms with Gasteiger partial charge in [-0.25, -0.2) is 0 Å². The molecular weight excluding hydrogens is 154 g/mol. The molecule has 1 aliphatic rings. The Morgan fingerprint density at radius 1 is 1.50 bits per heavy atom. The Balaban J connectivity index is 1.88. The van der Waals surface area contributed by atoms with E-state index in [4.69, 9.17) is 9.47 Å². The van der Waals surface area contributed by atoms with Crippen molar-refractivity contribution >= 4 is 0 Å². The molecule has 0 amide bonds. The lowest BCUT2D eigenvalue weighted by molar-refractivity contribution is 0.0128. The number of hydrogen-bond donors (Lipinski definition) is 0. The summed E-state index contributed by atoms with van der Waals surface area (Å²) in [6.07, 6.45) is 1.15. The van der Waals surface area contributed by atoms with Gasteiger partial charge in [0, 0.05) is 13.2 Å². The van der Waals surface area contributed by atoms with Crippen LogP contribution >= 0.6 is 0 Å². The van der Waals surface area contributed by atoms with Crippen LogP contribution in [0.1, 0.15) is 20.3 Å². The third-order valence-electron chi connectivity index (χ3n) is 1.94. The van der Waals surface area contributed by atoms with Crippen LogP contribution < -0.4 is 0 Å². The lowest BCUT2D eigenvalue weighted by Crippen LogP contribution is -2.23. The van der Waals surface area contributed by atoms with Crippen LogP contribution in [-0.4, -0.2) is 38.1 Å². The van der Waals surface area contributed by atoms with E-state index in [0.29, 0.717) is 0 Å². The molecule has 1 heterocycles. The molecule has 3 nitrogen and oxygen atoms in total. The molecule has 0 aliphatic carbocycles. The number of ether oxygens (including phenoxy) is 2. The van der Waals surface area contributed by atoms with E-state index in [1.807, 2.05) is 0 Å². The van der Waals surface area contributed by atoms with E-state index in [1.54, 1.807) is 0 Å². The number of rotatable bonds is 5. The molecule has 0 saturated carbocycles. The smallest absolute Gasteiger partial charge is 0.101 e. The van der Waals surface area contributed by atoms with Gasteiger partial charge in [0.05, 0.1) is 6.61 Å². The van der Waals surface area contributed by atoms with Gasteiger partial charge in [0.1, 0.15) is 13.5 Å². The fourth-order valence-electron chi connectivity index (χ4n) is 1.07. The molecule has 0 N–H and O–H groups in total. The summed E-state index contributed by atoms with van der Waals surface area (Å²) < 4.78 is 10.7. The van der Waals surface area contributed by atoms with Crippen LogP contribution in [0.25, 0.3) is 0 Å². The van der Waals surface area contributed by atoms with E-state index in [1.165, 1.54) is 0 Å². The van der Waals surface area contributed by atoms with Crippen molar-refractivity contribution in [1.29, 1.82) is 0 Å². The molecular formula is C9H19NO2. The van der Waals surface area contributed by atoms with Crippen molar-refractivity contribution in [2.45, 2.75) is 20.3 Å². The van der Waals surface area contributed by atoms with Crippen molar-refractivity contribution in [2.24, 2.45) is 5.92 Å². The summed E-state index contributed by atoms with van der Waals surface area (Å²) in [6.45, 7) is 8.63. The molecule has 72 valence electrons. The highest BCUT2D eigenvalue weighted by molar-refractivity contribution is 4.53. The average Bonchev–Trinajstić information content (AvgIpc) is 2.49. The van der Waals surface area contributed by atoms with Crippen molar-refractivity contribution in [3.8, 4) is 0 Å². The zero-order chi connectivity index (χ0) is 8.81. The first-order chi connectivity index (χ1) is 5.79. The van der Waals surface area contributed by atoms with Crippen LogP contribution in [0, 0.1) is 5.92 Å². The average molecular weight is 173 g/mol. The second kappa shape index (κ2) is 5.51. The molecule has 0 bridgehead atoms. The van der Waals surface area contributed by atoms with E-state index in [0.717, 1.165) is 45.6 Å². The summed E-state index contributed by atoms with van der Waals surface area (Å²) >= 11 is 0. The molecule has 0 radical (unpaired) electrons. The van der Waals surface area contributed by atoms with Crippen molar-refractivity contribution in [2.75, 3.05) is 33.2 Å². The van der Waals surface area contributed by atoms with Gasteiger partial charge < -0.3 is 9.47 Å². The summed E-state index contributed by atoms with van der Waals surface area (Å²) in [7, 11) is 0. The van der Waals surface area contributed by atoms with Gasteiger partial charge in [-0.1, -0.05) is 13.8 Å². The Bertz CT molecular complexity index is 111. The Morgan fingerprint density at radius 3 is 2.92 bits per heavy atom. The summed E-state index contributed by atoms with van der Waals surface area (Å²) in [5.41, 5.74) is 0. The van der Waals surface area contributed by atoms with Crippen LogP contribution in [0.2, 0.25) is 0 Å². The largest absolute Gasteiger partial charge is 0.366 e. The fraction of sp³-hybridized carbons (Fsp3) is 1.00. The monoisotopic (exact) mass is 173 g/mol. The molecule has 1 saturated heterocycles. The molecule has 0 unspecified atom stereocenters. The minimum Gasteiger partial charge on any atom is -0.366 e. The molecule has 0 aromatic heterocycles. The van der Waals surface area contributed by atoms with Crippen molar-refractivity contribution in [3.05, 3.63) is 0 Å². The molecule has 3 heteroatoms. The summed E-state index contributed by atoms with van der Waals surface area (Å²) in [4.78, 5) is 2.17. The molecule has 0 aromatic carbocycles. The second-order valence-corrected chi connectivity index (χ2v) is 3.65. The highest BCUT2D eigenvalue weighted by Crippen LogP contribution is 2.01. The predicted octanol–water partition coefficient (Wildman–Crippen LogP) is 1.30. The summed E-state index contributed by atoms with van der Waals surface area (Å²) in [6, 6.07) is 0. The first-order valence-corrected chi connectivity index (χ1v) is 4.67. The van der Waals surface area contributed by atoms with Gasteiger partial charge in [0.2, 0.25) is 0 Å². The van der Waals surface area contributed by atoms with Crippen LogP contribution in [-0.2, 0) is 9.47 Å². The van der Waals surface area contributed by atoms with Gasteiger partial charge in [-0.2, -0.15) is 0 Å². The lowest BCUT2D eigenvalue weighted by atomic mass is 10.1. The number of hydrogen-bond acceptors (Lipinski definition) is 3. The Hall–Kier alpha value is -0.120. The second-order valence-electron chi connectivity index (χ2n) is 3.65. The SMILES string of the molecule is CC(C)CCOCN1CCOC1. The van der Waals surface area contributed by atoms with Crippen LogP contribution in [0.15, 0.2) is 0 Å². The normalized spacial score (nSPS) is 19.2. The van der Waals surface area contributed by atoms with Gasteiger partial charge >= 0.3 is 0 Å². The Kier molecular flexibility index (Phi) is 4.58. The van der Waals surface area contributed by atoms with E-state index < -0.39 is 0 Å². The van der Waals surface area contributed by atoms with E-state index in [2.05, 4.69) is 18.7 Å². The third-order valence-corrected chi connectivity index (χ3v) is 1.94. The summed E-state index contributed by atoms with van der Waals surface area (Å²) in [5.74, 6) is 0.736. The first-order valence-electron chi connectivity index (χ1n) is 4.67. The van der Waals surface area contributed by atoms with Crippen LogP contribution in [0.3, 0.4) is 0 Å². The van der Waals surface area contributed by atoms with Gasteiger partial charge in [0.15, 0.2) is 0 Å². The molecule has 0 atom stereocenters. The summed E-state index contributed by atoms with van der Waals surface area (Å²) in [5, 5.41) is 0. The van der Waals surface area contributed by atoms with Gasteiger partial charge in [-0.3, -0.25) is 4.90 Å². The molecule has 1 rings (SSSR count). The molecule has 12 heavy (non-hydrogen) atoms. The topological polar surface area (TPSA) is 21.7 Å². The first kappa shape index (κ1) is 9.96. The maximum Gasteiger partial charge on any atom is 0.101 e. The minimum absolute atomic E-state index is 0.729. The zero-order valence-electron chi connectivity index (χ0n) is 8.08. The minimum atomic E-state index is 0.729. The maximum absolute atomic E-state index is 5.47. The van der Waals surface area contributed by atoms with Crippen molar-refractivity contribution in [1.82, 2.24) is 4.90 Å². The molecule has 0 spiro atoms. The van der Waals surface area contributed by atoms with Gasteiger partial charge in [-0.05, 0) is 12.3 Å². The molecule has 1 aliphatic heterocycles. The Labute approximate surface area is 74.6 Å². The van der Waals surface area contributed by atoms with Crippen LogP contribution in [0.5, 0.6) is 0 Å². The van der Waals surface area contributed by atoms with E-state index >= 15 is 0 Å². The predicted molar refractivity (Wildman–Crippen MR) is 47.8 cm³/mol. The van der Waals surface area contributed by atoms with Gasteiger partial charge in [0.25, 0.3) is 0 Å². The highest BCUT2D eigenvalue weighted by Gasteiger charge is 2.10. The highest BCUT2D eigenvalue weighted by atomic mass is 16.5. The maximum atomic E-state index is 5.47. The zero-order valence-corrected chi connectivity index (χ0v) is 8.08. The van der Waals surface area contributed by atoms with E-state index in [-0.39, 0.29) is 0 Å². The van der Waals surface area contributed by atoms with Gasteiger partial charge in [-0.15, -0.1) is 0 Å². The third kappa shape index (κ3) is 4.04. The van der Waals surface area contributed by atoms with Crippen molar-refractivity contribution in [3.63, 3.8) is 0 Å². The van der Waals surface area contributed by atoms with Crippen LogP contribution in [0.4, 0.5) is 0 Å². The fourth-order valence-corrected chi connectivity index (χ4v) is 1.07. The number of nitrogens with zero attached hydrogens (tertiary/aromatic N) is 1. The molecule has 1 fully saturated rings. The quantitative estimate of drug-likeness (QED) is 0.585.